The molecule has 0 bridgehead atoms. The van der Waals surface area contributed by atoms with Crippen molar-refractivity contribution in [3.8, 4) is 11.5 Å². The maximum absolute atomic E-state index is 11.8. The van der Waals surface area contributed by atoms with Gasteiger partial charge in [-0.3, -0.25) is 14.4 Å². The number of methoxy groups -OCH3 is 1. The third kappa shape index (κ3) is 7.36. The fraction of sp³-hybridized carbons (Fsp3) is 0.250. The lowest BCUT2D eigenvalue weighted by Gasteiger charge is -2.10. The maximum Gasteiger partial charge on any atom is 0.325 e. The minimum atomic E-state index is -0.722. The van der Waals surface area contributed by atoms with Crippen LogP contribution in [0.1, 0.15) is 5.56 Å². The summed E-state index contributed by atoms with van der Waals surface area (Å²) < 4.78 is 15.3. The summed E-state index contributed by atoms with van der Waals surface area (Å²) in [5.41, 5.74) is 0.801. The summed E-state index contributed by atoms with van der Waals surface area (Å²) >= 11 is 0. The molecule has 28 heavy (non-hydrogen) atoms. The number of carbonyl (C=O) groups is 3. The summed E-state index contributed by atoms with van der Waals surface area (Å²) in [4.78, 5) is 35.0. The Morgan fingerprint density at radius 1 is 0.857 bits per heavy atom. The van der Waals surface area contributed by atoms with Crippen molar-refractivity contribution in [3.63, 3.8) is 0 Å². The Labute approximate surface area is 162 Å². The Morgan fingerprint density at radius 2 is 1.54 bits per heavy atom. The Kier molecular flexibility index (Phi) is 8.32. The molecule has 0 atom stereocenters. The van der Waals surface area contributed by atoms with Crippen LogP contribution in [-0.2, 0) is 25.7 Å². The highest BCUT2D eigenvalue weighted by Crippen LogP contribution is 2.16. The number of para-hydroxylation sites is 2. The van der Waals surface area contributed by atoms with Crippen LogP contribution >= 0.6 is 0 Å². The molecular weight excluding hydrogens is 364 g/mol. The average molecular weight is 386 g/mol. The molecule has 2 amide bonds. The fourth-order valence-electron chi connectivity index (χ4n) is 2.18. The van der Waals surface area contributed by atoms with E-state index in [1.807, 2.05) is 24.3 Å². The number of amides is 2. The molecule has 0 aliphatic carbocycles. The van der Waals surface area contributed by atoms with Crippen molar-refractivity contribution in [2.24, 2.45) is 0 Å². The van der Waals surface area contributed by atoms with Crippen molar-refractivity contribution in [2.45, 2.75) is 6.54 Å². The number of hydrogen-bond acceptors (Lipinski definition) is 6. The summed E-state index contributed by atoms with van der Waals surface area (Å²) in [6.45, 7) is -0.772. The molecule has 0 aliphatic rings. The monoisotopic (exact) mass is 386 g/mol. The first-order valence-corrected chi connectivity index (χ1v) is 8.57. The van der Waals surface area contributed by atoms with E-state index in [-0.39, 0.29) is 19.7 Å². The third-order valence-electron chi connectivity index (χ3n) is 3.58. The number of rotatable bonds is 10. The minimum Gasteiger partial charge on any atom is -0.496 e. The quantitative estimate of drug-likeness (QED) is 0.592. The lowest BCUT2D eigenvalue weighted by molar-refractivity contribution is -0.148. The molecule has 2 aromatic rings. The molecule has 0 heterocycles. The molecule has 0 unspecified atom stereocenters. The van der Waals surface area contributed by atoms with Crippen LogP contribution in [-0.4, -0.2) is 44.7 Å². The Bertz CT molecular complexity index is 794. The van der Waals surface area contributed by atoms with Crippen molar-refractivity contribution in [1.29, 1.82) is 0 Å². The Morgan fingerprint density at radius 3 is 2.29 bits per heavy atom. The molecule has 0 saturated heterocycles. The molecule has 0 aromatic heterocycles. The van der Waals surface area contributed by atoms with E-state index in [2.05, 4.69) is 10.6 Å². The molecule has 0 spiro atoms. The molecule has 2 rings (SSSR count). The zero-order valence-electron chi connectivity index (χ0n) is 15.5. The van der Waals surface area contributed by atoms with Crippen molar-refractivity contribution in [3.05, 3.63) is 60.2 Å². The zero-order chi connectivity index (χ0) is 20.2. The zero-order valence-corrected chi connectivity index (χ0v) is 15.5. The fourth-order valence-corrected chi connectivity index (χ4v) is 2.18. The van der Waals surface area contributed by atoms with E-state index >= 15 is 0 Å². The van der Waals surface area contributed by atoms with E-state index in [9.17, 15) is 14.4 Å². The second-order valence-corrected chi connectivity index (χ2v) is 5.63. The molecule has 2 N–H and O–H groups in total. The first-order chi connectivity index (χ1) is 13.6. The second-order valence-electron chi connectivity index (χ2n) is 5.63. The van der Waals surface area contributed by atoms with Gasteiger partial charge in [0.2, 0.25) is 0 Å². The number of ether oxygens (including phenoxy) is 3. The largest absolute Gasteiger partial charge is 0.496 e. The summed E-state index contributed by atoms with van der Waals surface area (Å²) in [6, 6.07) is 16.1. The highest BCUT2D eigenvalue weighted by Gasteiger charge is 2.10. The number of nitrogens with one attached hydrogen (secondary N) is 2. The molecule has 2 aromatic carbocycles. The topological polar surface area (TPSA) is 103 Å². The van der Waals surface area contributed by atoms with E-state index in [4.69, 9.17) is 14.2 Å². The van der Waals surface area contributed by atoms with Crippen LogP contribution < -0.4 is 20.1 Å². The van der Waals surface area contributed by atoms with Gasteiger partial charge < -0.3 is 24.8 Å². The third-order valence-corrected chi connectivity index (χ3v) is 3.58. The van der Waals surface area contributed by atoms with Crippen molar-refractivity contribution in [1.82, 2.24) is 10.6 Å². The van der Waals surface area contributed by atoms with E-state index in [0.717, 1.165) is 5.56 Å². The van der Waals surface area contributed by atoms with Crippen LogP contribution in [0.15, 0.2) is 54.6 Å². The number of benzene rings is 2. The molecule has 8 heteroatoms. The predicted octanol–water partition coefficient (Wildman–Crippen LogP) is 1.05. The molecule has 148 valence electrons. The molecule has 0 aliphatic heterocycles. The van der Waals surface area contributed by atoms with Gasteiger partial charge in [0.25, 0.3) is 11.8 Å². The van der Waals surface area contributed by atoms with Gasteiger partial charge in [0.15, 0.2) is 13.2 Å². The first kappa shape index (κ1) is 20.8. The molecule has 0 fully saturated rings. The summed E-state index contributed by atoms with van der Waals surface area (Å²) in [5, 5.41) is 4.99. The average Bonchev–Trinajstić information content (AvgIpc) is 2.74. The van der Waals surface area contributed by atoms with Gasteiger partial charge in [-0.05, 0) is 18.2 Å². The lowest BCUT2D eigenvalue weighted by Crippen LogP contribution is -2.36. The summed E-state index contributed by atoms with van der Waals surface area (Å²) in [6.07, 6.45) is 0. The van der Waals surface area contributed by atoms with Crippen molar-refractivity contribution in [2.75, 3.05) is 26.9 Å². The van der Waals surface area contributed by atoms with E-state index in [0.29, 0.717) is 11.5 Å². The SMILES string of the molecule is COc1ccccc1CNC(=O)COC(=O)CNC(=O)COc1ccccc1. The molecule has 8 nitrogen and oxygen atoms in total. The number of esters is 1. The van der Waals surface area contributed by atoms with E-state index in [1.54, 1.807) is 37.4 Å². The van der Waals surface area contributed by atoms with Gasteiger partial charge in [-0.2, -0.15) is 0 Å². The van der Waals surface area contributed by atoms with Crippen LogP contribution in [0.3, 0.4) is 0 Å². The first-order valence-electron chi connectivity index (χ1n) is 8.57. The maximum atomic E-state index is 11.8. The van der Waals surface area contributed by atoms with Gasteiger partial charge >= 0.3 is 5.97 Å². The normalized spacial score (nSPS) is 9.89. The predicted molar refractivity (Wildman–Crippen MR) is 101 cm³/mol. The van der Waals surface area contributed by atoms with E-state index < -0.39 is 24.4 Å². The van der Waals surface area contributed by atoms with Crippen LogP contribution in [0.25, 0.3) is 0 Å². The Hall–Kier alpha value is -3.55. The van der Waals surface area contributed by atoms with Gasteiger partial charge in [-0.25, -0.2) is 0 Å². The summed E-state index contributed by atoms with van der Waals surface area (Å²) in [7, 11) is 1.54. The van der Waals surface area contributed by atoms with Gasteiger partial charge in [0.05, 0.1) is 7.11 Å². The lowest BCUT2D eigenvalue weighted by atomic mass is 10.2. The highest BCUT2D eigenvalue weighted by atomic mass is 16.5. The second kappa shape index (κ2) is 11.2. The van der Waals surface area contributed by atoms with Gasteiger partial charge in [0, 0.05) is 12.1 Å². The van der Waals surface area contributed by atoms with Gasteiger partial charge in [0.1, 0.15) is 18.0 Å². The number of hydrogen-bond donors (Lipinski definition) is 2. The van der Waals surface area contributed by atoms with Crippen LogP contribution in [0.2, 0.25) is 0 Å². The Balaban J connectivity index is 1.61. The summed E-state index contributed by atoms with van der Waals surface area (Å²) in [5.74, 6) is -0.452. The van der Waals surface area contributed by atoms with Crippen LogP contribution in [0.5, 0.6) is 11.5 Å². The molecule has 0 radical (unpaired) electrons. The van der Waals surface area contributed by atoms with E-state index in [1.165, 1.54) is 0 Å². The van der Waals surface area contributed by atoms with Crippen molar-refractivity contribution < 1.29 is 28.6 Å². The van der Waals surface area contributed by atoms with Crippen LogP contribution in [0.4, 0.5) is 0 Å². The smallest absolute Gasteiger partial charge is 0.325 e. The van der Waals surface area contributed by atoms with Gasteiger partial charge in [-0.15, -0.1) is 0 Å². The van der Waals surface area contributed by atoms with Crippen LogP contribution in [0, 0.1) is 0 Å². The number of carbonyl (C=O) groups excluding carboxylic acids is 3. The van der Waals surface area contributed by atoms with Crippen molar-refractivity contribution >= 4 is 17.8 Å². The minimum absolute atomic E-state index is 0.226. The molecular formula is C20H22N2O6. The molecule has 0 saturated carbocycles. The standard InChI is InChI=1S/C20H22N2O6/c1-26-17-10-6-5-7-15(17)11-21-19(24)14-28-20(25)12-22-18(23)13-27-16-8-3-2-4-9-16/h2-10H,11-14H2,1H3,(H,21,24)(H,22,23). The highest BCUT2D eigenvalue weighted by molar-refractivity contribution is 5.84. The van der Waals surface area contributed by atoms with Gasteiger partial charge in [-0.1, -0.05) is 36.4 Å².